The van der Waals surface area contributed by atoms with Gasteiger partial charge in [0.25, 0.3) is 5.24 Å². The van der Waals surface area contributed by atoms with Crippen LogP contribution in [0.5, 0.6) is 17.2 Å². The van der Waals surface area contributed by atoms with Crippen molar-refractivity contribution < 1.29 is 14.3 Å². The van der Waals surface area contributed by atoms with Crippen LogP contribution in [0.1, 0.15) is 6.92 Å². The van der Waals surface area contributed by atoms with Crippen LogP contribution in [0.3, 0.4) is 0 Å². The summed E-state index contributed by atoms with van der Waals surface area (Å²) >= 11 is 17.3. The SMILES string of the molecule is CC(Oc1ccccc1Oc1ccc(Cl)cc1Cl)C(=O)Cl. The molecule has 0 N–H and O–H groups in total. The molecule has 6 heteroatoms. The molecule has 0 radical (unpaired) electrons. The zero-order chi connectivity index (χ0) is 15.4. The molecule has 2 aromatic rings. The molecule has 2 rings (SSSR count). The largest absolute Gasteiger partial charge is 0.478 e. The molecule has 1 unspecified atom stereocenters. The van der Waals surface area contributed by atoms with E-state index >= 15 is 0 Å². The molecule has 0 aliphatic heterocycles. The van der Waals surface area contributed by atoms with E-state index in [4.69, 9.17) is 44.3 Å². The third-order valence-corrected chi connectivity index (χ3v) is 3.42. The van der Waals surface area contributed by atoms with E-state index < -0.39 is 11.3 Å². The standard InChI is InChI=1S/C15H11Cl3O3/c1-9(15(18)19)20-13-4-2-3-5-14(13)21-12-7-6-10(16)8-11(12)17/h2-9H,1H3. The summed E-state index contributed by atoms with van der Waals surface area (Å²) in [6, 6.07) is 11.8. The number of hydrogen-bond acceptors (Lipinski definition) is 3. The molecule has 2 aromatic carbocycles. The summed E-state index contributed by atoms with van der Waals surface area (Å²) < 4.78 is 11.2. The van der Waals surface area contributed by atoms with E-state index in [2.05, 4.69) is 0 Å². The fraction of sp³-hybridized carbons (Fsp3) is 0.133. The molecule has 0 saturated carbocycles. The van der Waals surface area contributed by atoms with Gasteiger partial charge in [-0.1, -0.05) is 35.3 Å². The van der Waals surface area contributed by atoms with E-state index in [1.165, 1.54) is 0 Å². The van der Waals surface area contributed by atoms with Gasteiger partial charge < -0.3 is 9.47 Å². The lowest BCUT2D eigenvalue weighted by molar-refractivity contribution is -0.117. The predicted molar refractivity (Wildman–Crippen MR) is 83.9 cm³/mol. The maximum Gasteiger partial charge on any atom is 0.262 e. The van der Waals surface area contributed by atoms with Crippen molar-refractivity contribution in [3.63, 3.8) is 0 Å². The van der Waals surface area contributed by atoms with Crippen LogP contribution in [0, 0.1) is 0 Å². The summed E-state index contributed by atoms with van der Waals surface area (Å²) in [6.07, 6.45) is -0.780. The van der Waals surface area contributed by atoms with E-state index in [1.807, 2.05) is 0 Å². The molecule has 0 saturated heterocycles. The van der Waals surface area contributed by atoms with Gasteiger partial charge in [0.05, 0.1) is 5.02 Å². The molecule has 3 nitrogen and oxygen atoms in total. The van der Waals surface area contributed by atoms with Crippen LogP contribution in [-0.4, -0.2) is 11.3 Å². The minimum absolute atomic E-state index is 0.374. The molecule has 0 amide bonds. The summed E-state index contributed by atoms with van der Waals surface area (Å²) in [4.78, 5) is 11.1. The Hall–Kier alpha value is -1.42. The lowest BCUT2D eigenvalue weighted by Gasteiger charge is -2.15. The molecule has 1 atom stereocenters. The van der Waals surface area contributed by atoms with Crippen molar-refractivity contribution in [2.24, 2.45) is 0 Å². The van der Waals surface area contributed by atoms with Gasteiger partial charge in [-0.2, -0.15) is 0 Å². The molecule has 0 aliphatic rings. The Morgan fingerprint density at radius 2 is 1.71 bits per heavy atom. The fourth-order valence-corrected chi connectivity index (χ4v) is 2.04. The fourth-order valence-electron chi connectivity index (χ4n) is 1.55. The van der Waals surface area contributed by atoms with Crippen molar-refractivity contribution in [1.82, 2.24) is 0 Å². The lowest BCUT2D eigenvalue weighted by Crippen LogP contribution is -2.19. The highest BCUT2D eigenvalue weighted by molar-refractivity contribution is 6.64. The van der Waals surface area contributed by atoms with Gasteiger partial charge in [0.2, 0.25) is 0 Å². The normalized spacial score (nSPS) is 11.8. The summed E-state index contributed by atoms with van der Waals surface area (Å²) in [6.45, 7) is 1.56. The van der Waals surface area contributed by atoms with Gasteiger partial charge in [0, 0.05) is 5.02 Å². The highest BCUT2D eigenvalue weighted by Gasteiger charge is 2.15. The topological polar surface area (TPSA) is 35.5 Å². The summed E-state index contributed by atoms with van der Waals surface area (Å²) in [7, 11) is 0. The van der Waals surface area contributed by atoms with Crippen LogP contribution in [0.15, 0.2) is 42.5 Å². The average Bonchev–Trinajstić information content (AvgIpc) is 2.43. The molecule has 110 valence electrons. The predicted octanol–water partition coefficient (Wildman–Crippen LogP) is 5.32. The molecule has 0 spiro atoms. The molecule has 21 heavy (non-hydrogen) atoms. The second-order valence-corrected chi connectivity index (χ2v) is 5.40. The highest BCUT2D eigenvalue weighted by atomic mass is 35.5. The zero-order valence-electron chi connectivity index (χ0n) is 11.0. The van der Waals surface area contributed by atoms with Gasteiger partial charge in [0.15, 0.2) is 17.6 Å². The Balaban J connectivity index is 2.26. The van der Waals surface area contributed by atoms with Crippen molar-refractivity contribution in [3.8, 4) is 17.2 Å². The molecular formula is C15H11Cl3O3. The van der Waals surface area contributed by atoms with E-state index in [-0.39, 0.29) is 0 Å². The Morgan fingerprint density at radius 3 is 2.33 bits per heavy atom. The first-order valence-electron chi connectivity index (χ1n) is 6.05. The number of carbonyl (C=O) groups excluding carboxylic acids is 1. The van der Waals surface area contributed by atoms with Crippen LogP contribution in [0.4, 0.5) is 0 Å². The van der Waals surface area contributed by atoms with Crippen molar-refractivity contribution in [3.05, 3.63) is 52.5 Å². The summed E-state index contributed by atoms with van der Waals surface area (Å²) in [5.41, 5.74) is 0. The smallest absolute Gasteiger partial charge is 0.262 e. The Kier molecular flexibility index (Phi) is 5.34. The number of hydrogen-bond donors (Lipinski definition) is 0. The molecule has 0 heterocycles. The van der Waals surface area contributed by atoms with E-state index in [0.717, 1.165) is 0 Å². The van der Waals surface area contributed by atoms with E-state index in [9.17, 15) is 4.79 Å². The van der Waals surface area contributed by atoms with Gasteiger partial charge >= 0.3 is 0 Å². The minimum Gasteiger partial charge on any atom is -0.478 e. The van der Waals surface area contributed by atoms with Gasteiger partial charge in [-0.25, -0.2) is 0 Å². The second kappa shape index (κ2) is 7.03. The molecule has 0 fully saturated rings. The summed E-state index contributed by atoms with van der Waals surface area (Å²) in [5.74, 6) is 1.25. The zero-order valence-corrected chi connectivity index (χ0v) is 13.2. The number of benzene rings is 2. The van der Waals surface area contributed by atoms with Gasteiger partial charge in [0.1, 0.15) is 5.75 Å². The second-order valence-electron chi connectivity index (χ2n) is 4.19. The van der Waals surface area contributed by atoms with Crippen molar-refractivity contribution in [2.45, 2.75) is 13.0 Å². The number of carbonyl (C=O) groups is 1. The van der Waals surface area contributed by atoms with Crippen LogP contribution >= 0.6 is 34.8 Å². The highest BCUT2D eigenvalue weighted by Crippen LogP contribution is 2.36. The molecule has 0 aromatic heterocycles. The monoisotopic (exact) mass is 344 g/mol. The van der Waals surface area contributed by atoms with Gasteiger partial charge in [-0.15, -0.1) is 0 Å². The van der Waals surface area contributed by atoms with Crippen molar-refractivity contribution in [1.29, 1.82) is 0 Å². The first kappa shape index (κ1) is 16.0. The third kappa shape index (κ3) is 4.27. The van der Waals surface area contributed by atoms with Crippen LogP contribution in [0.2, 0.25) is 10.0 Å². The van der Waals surface area contributed by atoms with Gasteiger partial charge in [-0.3, -0.25) is 4.79 Å². The third-order valence-electron chi connectivity index (χ3n) is 2.59. The number of ether oxygens (including phenoxy) is 2. The first-order chi connectivity index (χ1) is 9.97. The van der Waals surface area contributed by atoms with Crippen LogP contribution in [-0.2, 0) is 4.79 Å². The van der Waals surface area contributed by atoms with Crippen LogP contribution < -0.4 is 9.47 Å². The number of halogens is 3. The Morgan fingerprint density at radius 1 is 1.05 bits per heavy atom. The summed E-state index contributed by atoms with van der Waals surface area (Å²) in [5, 5.41) is 0.298. The maximum absolute atomic E-state index is 11.1. The molecule has 0 bridgehead atoms. The van der Waals surface area contributed by atoms with Crippen LogP contribution in [0.25, 0.3) is 0 Å². The lowest BCUT2D eigenvalue weighted by atomic mass is 10.3. The quantitative estimate of drug-likeness (QED) is 0.688. The van der Waals surface area contributed by atoms with Crippen molar-refractivity contribution >= 4 is 40.0 Å². The average molecular weight is 346 g/mol. The number of para-hydroxylation sites is 2. The molecular weight excluding hydrogens is 335 g/mol. The van der Waals surface area contributed by atoms with E-state index in [1.54, 1.807) is 49.4 Å². The first-order valence-corrected chi connectivity index (χ1v) is 7.18. The maximum atomic E-state index is 11.1. The van der Waals surface area contributed by atoms with E-state index in [0.29, 0.717) is 27.3 Å². The van der Waals surface area contributed by atoms with Gasteiger partial charge in [-0.05, 0) is 48.9 Å². The molecule has 0 aliphatic carbocycles. The van der Waals surface area contributed by atoms with Crippen molar-refractivity contribution in [2.75, 3.05) is 0 Å². The minimum atomic E-state index is -0.780. The Bertz CT molecular complexity index is 658. The Labute approximate surface area is 137 Å². The number of rotatable bonds is 5.